The number of anilines is 1. The highest BCUT2D eigenvalue weighted by atomic mass is 16.5. The van der Waals surface area contributed by atoms with Crippen LogP contribution in [0.3, 0.4) is 0 Å². The second kappa shape index (κ2) is 13.5. The first-order valence-corrected chi connectivity index (χ1v) is 14.4. The first kappa shape index (κ1) is 33.0. The summed E-state index contributed by atoms with van der Waals surface area (Å²) in [4.78, 5) is 37.5. The topological polar surface area (TPSA) is 205 Å². The molecule has 0 aliphatic heterocycles. The van der Waals surface area contributed by atoms with Crippen LogP contribution < -0.4 is 20.2 Å². The van der Waals surface area contributed by atoms with Crippen molar-refractivity contribution in [2.45, 2.75) is 25.9 Å². The first-order chi connectivity index (χ1) is 22.9. The molecule has 0 spiro atoms. The maximum atomic E-state index is 13.4. The van der Waals surface area contributed by atoms with Gasteiger partial charge in [-0.3, -0.25) is 14.4 Å². The van der Waals surface area contributed by atoms with E-state index in [9.17, 15) is 39.9 Å². The van der Waals surface area contributed by atoms with Crippen molar-refractivity contribution in [2.24, 2.45) is 0 Å². The maximum absolute atomic E-state index is 13.4. The minimum atomic E-state index is -1.05. The molecule has 0 saturated heterocycles. The van der Waals surface area contributed by atoms with Crippen LogP contribution in [0.1, 0.15) is 36.0 Å². The lowest BCUT2D eigenvalue weighted by atomic mass is 9.85. The van der Waals surface area contributed by atoms with Gasteiger partial charge in [-0.15, -0.1) is 0 Å². The number of ether oxygens (including phenoxy) is 3. The zero-order valence-corrected chi connectivity index (χ0v) is 25.9. The van der Waals surface area contributed by atoms with Crippen LogP contribution in [-0.4, -0.2) is 51.6 Å². The molecule has 1 amide bonds. The molecule has 0 aliphatic carbocycles. The van der Waals surface area contributed by atoms with Gasteiger partial charge in [0.2, 0.25) is 17.1 Å². The van der Waals surface area contributed by atoms with Crippen LogP contribution >= 0.6 is 0 Å². The fourth-order valence-corrected chi connectivity index (χ4v) is 5.30. The largest absolute Gasteiger partial charge is 0.507 e. The van der Waals surface area contributed by atoms with Crippen LogP contribution in [0.15, 0.2) is 75.9 Å². The molecule has 0 saturated carbocycles. The van der Waals surface area contributed by atoms with Crippen LogP contribution in [0.4, 0.5) is 5.69 Å². The van der Waals surface area contributed by atoms with Gasteiger partial charge in [-0.05, 0) is 60.2 Å². The average Bonchev–Trinajstić information content (AvgIpc) is 3.06. The number of phenolic OH excluding ortho intramolecular Hbond substituents is 4. The summed E-state index contributed by atoms with van der Waals surface area (Å²) in [7, 11) is 2.65. The van der Waals surface area contributed by atoms with E-state index < -0.39 is 57.2 Å². The third-order valence-corrected chi connectivity index (χ3v) is 7.60. The minimum absolute atomic E-state index is 0.00119. The number of carbonyl (C=O) groups excluding carboxylic acids is 2. The van der Waals surface area contributed by atoms with Gasteiger partial charge in [-0.2, -0.15) is 0 Å². The molecule has 4 aromatic carbocycles. The molecule has 248 valence electrons. The number of hydrogen-bond donors (Lipinski definition) is 6. The predicted octanol–water partition coefficient (Wildman–Crippen LogP) is 5.23. The molecule has 1 atom stereocenters. The zero-order valence-electron chi connectivity index (χ0n) is 25.9. The van der Waals surface area contributed by atoms with Crippen molar-refractivity contribution >= 4 is 28.5 Å². The lowest BCUT2D eigenvalue weighted by molar-refractivity contribution is -0.140. The highest BCUT2D eigenvalue weighted by Crippen LogP contribution is 2.45. The summed E-state index contributed by atoms with van der Waals surface area (Å²) in [5.41, 5.74) is 0.0725. The van der Waals surface area contributed by atoms with Gasteiger partial charge in [0.25, 0.3) is 0 Å². The molecule has 13 heteroatoms. The van der Waals surface area contributed by atoms with E-state index in [1.807, 2.05) is 0 Å². The van der Waals surface area contributed by atoms with Crippen molar-refractivity contribution in [2.75, 3.05) is 19.5 Å². The van der Waals surface area contributed by atoms with Crippen molar-refractivity contribution < 1.29 is 53.7 Å². The lowest BCUT2D eigenvalue weighted by Crippen LogP contribution is -2.13. The summed E-state index contributed by atoms with van der Waals surface area (Å²) in [6, 6.07) is 16.0. The van der Waals surface area contributed by atoms with Crippen LogP contribution in [0.5, 0.6) is 40.2 Å². The summed E-state index contributed by atoms with van der Waals surface area (Å²) in [5.74, 6) is -4.60. The molecule has 1 aromatic heterocycles. The SMILES string of the molecule is COC(=O)C[C@@H](c1ccc(OC)c(COc2ccc(NC(C)=O)cc2)c1)c1c(O)cc(O)c2c(=O)c(O)c(-c3ccc(O)c(O)c3)oc12. The van der Waals surface area contributed by atoms with Crippen molar-refractivity contribution in [1.29, 1.82) is 0 Å². The summed E-state index contributed by atoms with van der Waals surface area (Å²) >= 11 is 0. The lowest BCUT2D eigenvalue weighted by Gasteiger charge is -2.22. The number of aromatic hydroxyl groups is 5. The van der Waals surface area contributed by atoms with Gasteiger partial charge >= 0.3 is 5.97 Å². The molecular weight excluding hydrogens is 626 g/mol. The van der Waals surface area contributed by atoms with E-state index in [4.69, 9.17) is 18.6 Å². The summed E-state index contributed by atoms with van der Waals surface area (Å²) in [5, 5.41) is 54.7. The van der Waals surface area contributed by atoms with Gasteiger partial charge in [0, 0.05) is 41.3 Å². The number of hydrogen-bond acceptors (Lipinski definition) is 12. The number of benzene rings is 4. The molecule has 1 heterocycles. The third-order valence-electron chi connectivity index (χ3n) is 7.60. The van der Waals surface area contributed by atoms with E-state index in [2.05, 4.69) is 5.32 Å². The second-order valence-electron chi connectivity index (χ2n) is 10.7. The Kier molecular flexibility index (Phi) is 9.32. The smallest absolute Gasteiger partial charge is 0.306 e. The minimum Gasteiger partial charge on any atom is -0.507 e. The van der Waals surface area contributed by atoms with Gasteiger partial charge < -0.3 is 49.5 Å². The number of fused-ring (bicyclic) bond motifs is 1. The highest BCUT2D eigenvalue weighted by molar-refractivity contribution is 5.92. The van der Waals surface area contributed by atoms with E-state index in [1.54, 1.807) is 42.5 Å². The van der Waals surface area contributed by atoms with Crippen LogP contribution in [-0.2, 0) is 20.9 Å². The monoisotopic (exact) mass is 657 g/mol. The molecule has 5 rings (SSSR count). The summed E-state index contributed by atoms with van der Waals surface area (Å²) < 4.78 is 22.4. The quantitative estimate of drug-likeness (QED) is 0.0844. The Labute approximate surface area is 272 Å². The number of methoxy groups -OCH3 is 2. The number of phenols is 4. The molecule has 0 unspecified atom stereocenters. The van der Waals surface area contributed by atoms with E-state index in [0.29, 0.717) is 28.3 Å². The summed E-state index contributed by atoms with van der Waals surface area (Å²) in [6.45, 7) is 1.40. The standard InChI is InChI=1S/C35H31NO12/c1-17(37)36-21-6-8-22(9-7-21)47-16-20-12-18(5-11-28(20)45-2)23(14-29(42)46-3)30-26(40)15-27(41)31-32(43)33(44)34(48-35(30)31)19-4-10-24(38)25(39)13-19/h4-13,15,23,38-41,44H,14,16H2,1-3H3,(H,36,37)/t23-/m0/s1. The van der Waals surface area contributed by atoms with Crippen molar-refractivity contribution in [3.05, 3.63) is 93.6 Å². The Morgan fingerprint density at radius 2 is 1.58 bits per heavy atom. The van der Waals surface area contributed by atoms with Crippen LogP contribution in [0.25, 0.3) is 22.3 Å². The van der Waals surface area contributed by atoms with Gasteiger partial charge in [0.05, 0.1) is 20.6 Å². The Morgan fingerprint density at radius 3 is 2.23 bits per heavy atom. The number of carbonyl (C=O) groups is 2. The number of rotatable bonds is 10. The molecule has 48 heavy (non-hydrogen) atoms. The second-order valence-corrected chi connectivity index (χ2v) is 10.7. The third kappa shape index (κ3) is 6.60. The summed E-state index contributed by atoms with van der Waals surface area (Å²) in [6.07, 6.45) is -0.360. The van der Waals surface area contributed by atoms with Gasteiger partial charge in [0.15, 0.2) is 17.3 Å². The highest BCUT2D eigenvalue weighted by Gasteiger charge is 2.30. The number of nitrogens with one attached hydrogen (secondary N) is 1. The molecule has 0 fully saturated rings. The Bertz CT molecular complexity index is 2090. The zero-order chi connectivity index (χ0) is 34.7. The van der Waals surface area contributed by atoms with E-state index >= 15 is 0 Å². The molecule has 13 nitrogen and oxygen atoms in total. The first-order valence-electron chi connectivity index (χ1n) is 14.4. The molecule has 0 aliphatic rings. The molecule has 6 N–H and O–H groups in total. The Hall–Kier alpha value is -6.37. The molecule has 5 aromatic rings. The average molecular weight is 658 g/mol. The molecule has 0 radical (unpaired) electrons. The number of esters is 1. The fraction of sp³-hybridized carbons (Fsp3) is 0.171. The fourth-order valence-electron chi connectivity index (χ4n) is 5.30. The van der Waals surface area contributed by atoms with Crippen LogP contribution in [0, 0.1) is 0 Å². The van der Waals surface area contributed by atoms with E-state index in [-0.39, 0.29) is 35.6 Å². The van der Waals surface area contributed by atoms with Crippen molar-refractivity contribution in [3.8, 4) is 51.6 Å². The Balaban J connectivity index is 1.65. The maximum Gasteiger partial charge on any atom is 0.306 e. The molecular formula is C35H31NO12. The van der Waals surface area contributed by atoms with Gasteiger partial charge in [-0.1, -0.05) is 6.07 Å². The van der Waals surface area contributed by atoms with Crippen molar-refractivity contribution in [1.82, 2.24) is 0 Å². The van der Waals surface area contributed by atoms with E-state index in [0.717, 1.165) is 18.2 Å². The van der Waals surface area contributed by atoms with E-state index in [1.165, 1.54) is 27.2 Å². The van der Waals surface area contributed by atoms with Gasteiger partial charge in [-0.25, -0.2) is 0 Å². The number of amides is 1. The molecule has 0 bridgehead atoms. The van der Waals surface area contributed by atoms with Crippen molar-refractivity contribution in [3.63, 3.8) is 0 Å². The normalized spacial score (nSPS) is 11.6. The predicted molar refractivity (Wildman–Crippen MR) is 173 cm³/mol. The Morgan fingerprint density at radius 1 is 0.854 bits per heavy atom. The van der Waals surface area contributed by atoms with Crippen LogP contribution in [0.2, 0.25) is 0 Å². The van der Waals surface area contributed by atoms with Gasteiger partial charge in [0.1, 0.15) is 40.6 Å².